The first-order chi connectivity index (χ1) is 9.20. The summed E-state index contributed by atoms with van der Waals surface area (Å²) in [7, 11) is 3.61. The van der Waals surface area contributed by atoms with Crippen molar-refractivity contribution in [3.63, 3.8) is 0 Å². The smallest absolute Gasteiger partial charge is 0.225 e. The van der Waals surface area contributed by atoms with Crippen LogP contribution < -0.4 is 4.74 Å². The standard InChI is InChI=1S/C14H14N4O/c1-9-4-10-5-12(18(2)13(10)7-16-9)11-6-15-8-17-14(11)19-3/h4-8H,1-3H3. The highest BCUT2D eigenvalue weighted by Crippen LogP contribution is 2.31. The van der Waals surface area contributed by atoms with Crippen LogP contribution >= 0.6 is 0 Å². The highest BCUT2D eigenvalue weighted by Gasteiger charge is 2.13. The third kappa shape index (κ3) is 1.83. The number of hydrogen-bond donors (Lipinski definition) is 0. The Bertz CT molecular complexity index is 748. The van der Waals surface area contributed by atoms with Crippen LogP contribution in [0.25, 0.3) is 22.2 Å². The lowest BCUT2D eigenvalue weighted by molar-refractivity contribution is 0.398. The fourth-order valence-corrected chi connectivity index (χ4v) is 2.26. The summed E-state index contributed by atoms with van der Waals surface area (Å²) in [4.78, 5) is 12.6. The van der Waals surface area contributed by atoms with Gasteiger partial charge in [0.15, 0.2) is 0 Å². The average molecular weight is 254 g/mol. The number of aryl methyl sites for hydroxylation is 2. The molecule has 5 heteroatoms. The zero-order valence-electron chi connectivity index (χ0n) is 11.1. The van der Waals surface area contributed by atoms with Gasteiger partial charge in [0, 0.05) is 24.3 Å². The number of aromatic nitrogens is 4. The van der Waals surface area contributed by atoms with Gasteiger partial charge >= 0.3 is 0 Å². The fourth-order valence-electron chi connectivity index (χ4n) is 2.26. The van der Waals surface area contributed by atoms with E-state index in [1.165, 1.54) is 6.33 Å². The molecule has 0 bridgehead atoms. The molecule has 0 N–H and O–H groups in total. The lowest BCUT2D eigenvalue weighted by atomic mass is 10.2. The van der Waals surface area contributed by atoms with Crippen molar-refractivity contribution in [1.29, 1.82) is 0 Å². The third-order valence-electron chi connectivity index (χ3n) is 3.21. The predicted molar refractivity (Wildman–Crippen MR) is 73.0 cm³/mol. The average Bonchev–Trinajstić information content (AvgIpc) is 2.75. The molecule has 0 spiro atoms. The van der Waals surface area contributed by atoms with Gasteiger partial charge in [0.25, 0.3) is 0 Å². The molecule has 19 heavy (non-hydrogen) atoms. The number of ether oxygens (including phenoxy) is 1. The Morgan fingerprint density at radius 2 is 2.00 bits per heavy atom. The van der Waals surface area contributed by atoms with E-state index in [1.807, 2.05) is 20.2 Å². The van der Waals surface area contributed by atoms with E-state index in [1.54, 1.807) is 13.3 Å². The van der Waals surface area contributed by atoms with Crippen LogP contribution in [0.3, 0.4) is 0 Å². The van der Waals surface area contributed by atoms with E-state index in [0.717, 1.165) is 27.9 Å². The maximum absolute atomic E-state index is 5.29. The highest BCUT2D eigenvalue weighted by atomic mass is 16.5. The second-order valence-corrected chi connectivity index (χ2v) is 4.42. The second kappa shape index (κ2) is 4.35. The molecule has 3 rings (SSSR count). The Morgan fingerprint density at radius 1 is 1.16 bits per heavy atom. The minimum Gasteiger partial charge on any atom is -0.480 e. The molecular weight excluding hydrogens is 240 g/mol. The zero-order valence-corrected chi connectivity index (χ0v) is 11.1. The Balaban J connectivity index is 2.28. The largest absolute Gasteiger partial charge is 0.480 e. The molecule has 0 amide bonds. The zero-order chi connectivity index (χ0) is 13.4. The molecule has 0 atom stereocenters. The Kier molecular flexibility index (Phi) is 2.67. The third-order valence-corrected chi connectivity index (χ3v) is 3.21. The molecule has 0 unspecified atom stereocenters. The summed E-state index contributed by atoms with van der Waals surface area (Å²) in [6.07, 6.45) is 5.13. The van der Waals surface area contributed by atoms with E-state index in [-0.39, 0.29) is 0 Å². The molecule has 3 heterocycles. The normalized spacial score (nSPS) is 10.9. The highest BCUT2D eigenvalue weighted by molar-refractivity contribution is 5.87. The van der Waals surface area contributed by atoms with Crippen LogP contribution in [0.15, 0.2) is 30.9 Å². The molecule has 0 fully saturated rings. The monoisotopic (exact) mass is 254 g/mol. The molecule has 96 valence electrons. The van der Waals surface area contributed by atoms with Crippen LogP contribution in [0, 0.1) is 6.92 Å². The van der Waals surface area contributed by atoms with E-state index in [2.05, 4.69) is 31.7 Å². The molecule has 3 aromatic rings. The Hall–Kier alpha value is -2.43. The van der Waals surface area contributed by atoms with Crippen molar-refractivity contribution in [2.24, 2.45) is 7.05 Å². The van der Waals surface area contributed by atoms with Crippen molar-refractivity contribution in [3.8, 4) is 17.1 Å². The maximum Gasteiger partial charge on any atom is 0.225 e. The first-order valence-electron chi connectivity index (χ1n) is 5.97. The Morgan fingerprint density at radius 3 is 2.79 bits per heavy atom. The lowest BCUT2D eigenvalue weighted by Crippen LogP contribution is -1.97. The van der Waals surface area contributed by atoms with Gasteiger partial charge in [-0.3, -0.25) is 4.98 Å². The quantitative estimate of drug-likeness (QED) is 0.704. The van der Waals surface area contributed by atoms with E-state index >= 15 is 0 Å². The van der Waals surface area contributed by atoms with Crippen molar-refractivity contribution in [1.82, 2.24) is 19.5 Å². The van der Waals surface area contributed by atoms with Crippen LogP contribution in [-0.4, -0.2) is 26.6 Å². The van der Waals surface area contributed by atoms with E-state index in [9.17, 15) is 0 Å². The summed E-state index contributed by atoms with van der Waals surface area (Å²) in [5.41, 5.74) is 3.97. The van der Waals surface area contributed by atoms with Crippen molar-refractivity contribution >= 4 is 10.9 Å². The molecule has 0 aliphatic carbocycles. The number of methoxy groups -OCH3 is 1. The number of nitrogens with zero attached hydrogens (tertiary/aromatic N) is 4. The minimum atomic E-state index is 0.575. The van der Waals surface area contributed by atoms with E-state index in [4.69, 9.17) is 4.74 Å². The summed E-state index contributed by atoms with van der Waals surface area (Å²) >= 11 is 0. The van der Waals surface area contributed by atoms with Crippen LogP contribution in [0.5, 0.6) is 5.88 Å². The summed E-state index contributed by atoms with van der Waals surface area (Å²) in [6.45, 7) is 1.98. The van der Waals surface area contributed by atoms with Crippen molar-refractivity contribution in [2.45, 2.75) is 6.92 Å². The van der Waals surface area contributed by atoms with Gasteiger partial charge in [-0.15, -0.1) is 0 Å². The molecule has 0 aliphatic rings. The number of hydrogen-bond acceptors (Lipinski definition) is 4. The fraction of sp³-hybridized carbons (Fsp3) is 0.214. The van der Waals surface area contributed by atoms with Crippen molar-refractivity contribution < 1.29 is 4.74 Å². The topological polar surface area (TPSA) is 52.8 Å². The van der Waals surface area contributed by atoms with Gasteiger partial charge < -0.3 is 9.30 Å². The van der Waals surface area contributed by atoms with Gasteiger partial charge in [-0.2, -0.15) is 0 Å². The molecule has 5 nitrogen and oxygen atoms in total. The summed E-state index contributed by atoms with van der Waals surface area (Å²) in [5, 5.41) is 1.15. The Labute approximate surface area is 110 Å². The van der Waals surface area contributed by atoms with Crippen LogP contribution in [0.1, 0.15) is 5.69 Å². The predicted octanol–water partition coefficient (Wildman–Crippen LogP) is 2.35. The maximum atomic E-state index is 5.29. The van der Waals surface area contributed by atoms with Crippen LogP contribution in [-0.2, 0) is 7.05 Å². The van der Waals surface area contributed by atoms with Gasteiger partial charge in [-0.05, 0) is 19.1 Å². The number of fused-ring (bicyclic) bond motifs is 1. The van der Waals surface area contributed by atoms with Crippen molar-refractivity contribution in [3.05, 3.63) is 36.5 Å². The van der Waals surface area contributed by atoms with E-state index in [0.29, 0.717) is 5.88 Å². The van der Waals surface area contributed by atoms with Crippen molar-refractivity contribution in [2.75, 3.05) is 7.11 Å². The first kappa shape index (κ1) is 11.6. The summed E-state index contributed by atoms with van der Waals surface area (Å²) < 4.78 is 7.37. The van der Waals surface area contributed by atoms with Gasteiger partial charge in [0.2, 0.25) is 5.88 Å². The van der Waals surface area contributed by atoms with Gasteiger partial charge in [0.1, 0.15) is 6.33 Å². The van der Waals surface area contributed by atoms with Gasteiger partial charge in [-0.1, -0.05) is 0 Å². The SMILES string of the molecule is COc1ncncc1-c1cc2cc(C)ncc2n1C. The van der Waals surface area contributed by atoms with Gasteiger partial charge in [-0.25, -0.2) is 9.97 Å². The van der Waals surface area contributed by atoms with Crippen LogP contribution in [0.2, 0.25) is 0 Å². The molecule has 0 radical (unpaired) electrons. The second-order valence-electron chi connectivity index (χ2n) is 4.42. The van der Waals surface area contributed by atoms with E-state index < -0.39 is 0 Å². The molecular formula is C14H14N4O. The molecule has 0 aromatic carbocycles. The first-order valence-corrected chi connectivity index (χ1v) is 5.97. The lowest BCUT2D eigenvalue weighted by Gasteiger charge is -2.07. The molecule has 0 aliphatic heterocycles. The van der Waals surface area contributed by atoms with Crippen LogP contribution in [0.4, 0.5) is 0 Å². The molecule has 3 aromatic heterocycles. The summed E-state index contributed by atoms with van der Waals surface area (Å²) in [5.74, 6) is 0.575. The van der Waals surface area contributed by atoms with Gasteiger partial charge in [0.05, 0.1) is 30.1 Å². The summed E-state index contributed by atoms with van der Waals surface area (Å²) in [6, 6.07) is 4.17. The minimum absolute atomic E-state index is 0.575. The number of rotatable bonds is 2. The molecule has 0 saturated carbocycles. The number of pyridine rings is 1. The molecule has 0 saturated heterocycles.